The number of rotatable bonds is 5. The summed E-state index contributed by atoms with van der Waals surface area (Å²) >= 11 is 0. The first-order chi connectivity index (χ1) is 14.0. The quantitative estimate of drug-likeness (QED) is 0.715. The van der Waals surface area contributed by atoms with Crippen LogP contribution in [0.3, 0.4) is 0 Å². The molecule has 0 spiro atoms. The molecule has 1 aromatic rings. The number of carbonyl (C=O) groups excluding carboxylic acids is 1. The molecule has 0 unspecified atom stereocenters. The molecule has 0 N–H and O–H groups in total. The molecular weight excluding hydrogens is 390 g/mol. The number of sulfonamides is 1. The average molecular weight is 424 g/mol. The number of nitrogens with zero attached hydrogens (tertiary/aromatic N) is 5. The zero-order valence-electron chi connectivity index (χ0n) is 17.4. The molecule has 3 fully saturated rings. The lowest BCUT2D eigenvalue weighted by molar-refractivity contribution is -0.138. The van der Waals surface area contributed by atoms with Crippen molar-refractivity contribution >= 4 is 15.9 Å². The molecule has 1 aromatic heterocycles. The van der Waals surface area contributed by atoms with E-state index in [4.69, 9.17) is 0 Å². The number of hydrogen-bond acceptors (Lipinski definition) is 5. The van der Waals surface area contributed by atoms with E-state index < -0.39 is 10.0 Å². The fourth-order valence-electron chi connectivity index (χ4n) is 4.98. The van der Waals surface area contributed by atoms with E-state index in [1.165, 1.54) is 36.4 Å². The van der Waals surface area contributed by atoms with E-state index in [1.807, 2.05) is 11.8 Å². The first-order valence-electron chi connectivity index (χ1n) is 11.0. The fourth-order valence-corrected chi connectivity index (χ4v) is 6.46. The van der Waals surface area contributed by atoms with E-state index in [-0.39, 0.29) is 23.3 Å². The summed E-state index contributed by atoms with van der Waals surface area (Å²) in [6.45, 7) is 7.30. The van der Waals surface area contributed by atoms with Crippen LogP contribution in [0.25, 0.3) is 0 Å². The summed E-state index contributed by atoms with van der Waals surface area (Å²) in [5.74, 6) is -0.0999. The number of piperidine rings is 2. The minimum absolute atomic E-state index is 0.133. The Hall–Kier alpha value is -1.45. The van der Waals surface area contributed by atoms with Gasteiger partial charge in [0.1, 0.15) is 4.90 Å². The van der Waals surface area contributed by atoms with Crippen molar-refractivity contribution < 1.29 is 13.2 Å². The lowest BCUT2D eigenvalue weighted by atomic mass is 9.96. The van der Waals surface area contributed by atoms with Gasteiger partial charge in [-0.05, 0) is 58.5 Å². The normalized spacial score (nSPS) is 25.6. The van der Waals surface area contributed by atoms with Crippen molar-refractivity contribution in [1.29, 1.82) is 0 Å². The van der Waals surface area contributed by atoms with Gasteiger partial charge in [0.25, 0.3) is 0 Å². The minimum Gasteiger partial charge on any atom is -0.342 e. The Balaban J connectivity index is 1.36. The van der Waals surface area contributed by atoms with E-state index >= 15 is 0 Å². The van der Waals surface area contributed by atoms with Crippen LogP contribution in [0.1, 0.15) is 45.4 Å². The van der Waals surface area contributed by atoms with Gasteiger partial charge in [0.05, 0.1) is 12.1 Å². The molecule has 29 heavy (non-hydrogen) atoms. The third-order valence-corrected chi connectivity index (χ3v) is 8.56. The topological polar surface area (TPSA) is 78.8 Å². The lowest BCUT2D eigenvalue weighted by Gasteiger charge is -2.39. The van der Waals surface area contributed by atoms with Crippen LogP contribution in [0.4, 0.5) is 0 Å². The molecule has 0 saturated carbocycles. The second-order valence-electron chi connectivity index (χ2n) is 8.53. The van der Waals surface area contributed by atoms with Gasteiger partial charge in [0, 0.05) is 45.0 Å². The molecule has 3 saturated heterocycles. The summed E-state index contributed by atoms with van der Waals surface area (Å²) in [6.07, 6.45) is 9.14. The van der Waals surface area contributed by atoms with Crippen molar-refractivity contribution in [3.05, 3.63) is 12.4 Å². The zero-order valence-corrected chi connectivity index (χ0v) is 18.2. The largest absolute Gasteiger partial charge is 0.342 e. The number of hydrogen-bond donors (Lipinski definition) is 0. The van der Waals surface area contributed by atoms with E-state index in [0.29, 0.717) is 19.1 Å². The van der Waals surface area contributed by atoms with Crippen LogP contribution in [0.2, 0.25) is 0 Å². The van der Waals surface area contributed by atoms with Gasteiger partial charge in [-0.3, -0.25) is 9.48 Å². The van der Waals surface area contributed by atoms with Crippen LogP contribution in [-0.2, 0) is 21.4 Å². The Morgan fingerprint density at radius 2 is 1.79 bits per heavy atom. The Kier molecular flexibility index (Phi) is 6.27. The number of aromatic nitrogens is 2. The molecule has 0 aliphatic carbocycles. The number of carbonyl (C=O) groups is 1. The molecular formula is C20H33N5O3S. The molecule has 162 valence electrons. The third-order valence-electron chi connectivity index (χ3n) is 6.74. The minimum atomic E-state index is -3.60. The fraction of sp³-hybridized carbons (Fsp3) is 0.800. The van der Waals surface area contributed by atoms with Gasteiger partial charge in [0.2, 0.25) is 15.9 Å². The van der Waals surface area contributed by atoms with Gasteiger partial charge in [0.15, 0.2) is 0 Å². The van der Waals surface area contributed by atoms with Gasteiger partial charge in [-0.15, -0.1) is 0 Å². The van der Waals surface area contributed by atoms with Crippen LogP contribution < -0.4 is 0 Å². The summed E-state index contributed by atoms with van der Waals surface area (Å²) in [7, 11) is -3.60. The van der Waals surface area contributed by atoms with Gasteiger partial charge in [-0.25, -0.2) is 8.42 Å². The van der Waals surface area contributed by atoms with E-state index in [9.17, 15) is 13.2 Å². The van der Waals surface area contributed by atoms with Crippen LogP contribution in [-0.4, -0.2) is 83.5 Å². The number of likely N-dealkylation sites (tertiary alicyclic amines) is 2. The van der Waals surface area contributed by atoms with Crippen molar-refractivity contribution in [3.8, 4) is 0 Å². The summed E-state index contributed by atoms with van der Waals surface area (Å²) in [5, 5.41) is 4.09. The molecule has 9 heteroatoms. The van der Waals surface area contributed by atoms with E-state index in [1.54, 1.807) is 10.9 Å². The second kappa shape index (κ2) is 8.73. The van der Waals surface area contributed by atoms with Crippen LogP contribution in [0.5, 0.6) is 0 Å². The predicted molar refractivity (Wildman–Crippen MR) is 110 cm³/mol. The Bertz CT molecular complexity index is 810. The number of amides is 1. The maximum atomic E-state index is 13.1. The average Bonchev–Trinajstić information content (AvgIpc) is 3.46. The monoisotopic (exact) mass is 423 g/mol. The van der Waals surface area contributed by atoms with Gasteiger partial charge in [-0.2, -0.15) is 9.40 Å². The van der Waals surface area contributed by atoms with Gasteiger partial charge < -0.3 is 9.80 Å². The SMILES string of the molecule is CCn1cc(S(=O)(=O)N2CCC[C@H](C(=O)N3CCC(N4CCCC4)CC3)C2)cn1. The molecule has 0 bridgehead atoms. The lowest BCUT2D eigenvalue weighted by Crippen LogP contribution is -2.50. The highest BCUT2D eigenvalue weighted by atomic mass is 32.2. The van der Waals surface area contributed by atoms with Gasteiger partial charge in [-0.1, -0.05) is 0 Å². The predicted octanol–water partition coefficient (Wildman–Crippen LogP) is 1.39. The van der Waals surface area contributed by atoms with Crippen molar-refractivity contribution in [3.63, 3.8) is 0 Å². The van der Waals surface area contributed by atoms with Crippen LogP contribution >= 0.6 is 0 Å². The summed E-state index contributed by atoms with van der Waals surface area (Å²) in [5.41, 5.74) is 0. The van der Waals surface area contributed by atoms with Crippen LogP contribution in [0, 0.1) is 5.92 Å². The molecule has 3 aliphatic heterocycles. The van der Waals surface area contributed by atoms with Crippen molar-refractivity contribution in [1.82, 2.24) is 23.9 Å². The molecule has 3 aliphatic rings. The Morgan fingerprint density at radius 1 is 1.07 bits per heavy atom. The first kappa shape index (κ1) is 20.8. The van der Waals surface area contributed by atoms with Crippen molar-refractivity contribution in [2.75, 3.05) is 39.3 Å². The third kappa shape index (κ3) is 4.36. The smallest absolute Gasteiger partial charge is 0.246 e. The second-order valence-corrected chi connectivity index (χ2v) is 10.5. The van der Waals surface area contributed by atoms with Crippen LogP contribution in [0.15, 0.2) is 17.3 Å². The molecule has 0 radical (unpaired) electrons. The summed E-state index contributed by atoms with van der Waals surface area (Å²) < 4.78 is 29.1. The van der Waals surface area contributed by atoms with E-state index in [0.717, 1.165) is 38.8 Å². The maximum absolute atomic E-state index is 13.1. The van der Waals surface area contributed by atoms with Crippen molar-refractivity contribution in [2.24, 2.45) is 5.92 Å². The molecule has 4 heterocycles. The zero-order chi connectivity index (χ0) is 20.4. The molecule has 0 aromatic carbocycles. The van der Waals surface area contributed by atoms with E-state index in [2.05, 4.69) is 10.00 Å². The highest BCUT2D eigenvalue weighted by Crippen LogP contribution is 2.27. The molecule has 8 nitrogen and oxygen atoms in total. The highest BCUT2D eigenvalue weighted by Gasteiger charge is 2.37. The van der Waals surface area contributed by atoms with Gasteiger partial charge >= 0.3 is 0 Å². The molecule has 1 amide bonds. The maximum Gasteiger partial charge on any atom is 0.246 e. The molecule has 1 atom stereocenters. The van der Waals surface area contributed by atoms with Crippen molar-refractivity contribution in [2.45, 2.75) is 62.9 Å². The Morgan fingerprint density at radius 3 is 2.45 bits per heavy atom. The first-order valence-corrected chi connectivity index (χ1v) is 12.5. The number of aryl methyl sites for hydroxylation is 1. The summed E-state index contributed by atoms with van der Waals surface area (Å²) in [6, 6.07) is 0.611. The highest BCUT2D eigenvalue weighted by molar-refractivity contribution is 7.89. The standard InChI is InChI=1S/C20H33N5O3S/c1-2-24-16-19(14-21-24)29(27,28)25-11-5-6-17(15-25)20(26)23-12-7-18(8-13-23)22-9-3-4-10-22/h14,16-18H,2-13,15H2,1H3/t17-/m0/s1. The molecule has 4 rings (SSSR count). The Labute approximate surface area is 173 Å². The summed E-state index contributed by atoms with van der Waals surface area (Å²) in [4.78, 5) is 17.9.